The summed E-state index contributed by atoms with van der Waals surface area (Å²) >= 11 is 0. The summed E-state index contributed by atoms with van der Waals surface area (Å²) in [5.41, 5.74) is 11.9. The second-order valence-corrected chi connectivity index (χ2v) is 14.5. The maximum Gasteiger partial charge on any atom is 0.149 e. The molecule has 0 fully saturated rings. The van der Waals surface area contributed by atoms with E-state index in [1.807, 2.05) is 85.3 Å². The van der Waals surface area contributed by atoms with Crippen molar-refractivity contribution in [2.45, 2.75) is 52.4 Å². The second kappa shape index (κ2) is 11.9. The summed E-state index contributed by atoms with van der Waals surface area (Å²) in [6, 6.07) is 37.1. The van der Waals surface area contributed by atoms with Crippen molar-refractivity contribution in [2.24, 2.45) is 0 Å². The lowest BCUT2D eigenvalue weighted by atomic mass is 9.78. The highest BCUT2D eigenvalue weighted by atomic mass is 16.3. The van der Waals surface area contributed by atoms with Crippen LogP contribution in [0.2, 0.25) is 0 Å². The van der Waals surface area contributed by atoms with Crippen LogP contribution in [0.3, 0.4) is 0 Å². The number of aromatic nitrogens is 4. The molecule has 7 rings (SSSR count). The summed E-state index contributed by atoms with van der Waals surface area (Å²) in [5, 5.41) is 11.0. The molecule has 0 aliphatic heterocycles. The van der Waals surface area contributed by atoms with Crippen molar-refractivity contribution in [1.29, 1.82) is 0 Å². The normalized spacial score (nSPS) is 12.0. The number of hydrogen-bond donors (Lipinski definition) is 1. The number of aromatic hydroxyl groups is 1. The van der Waals surface area contributed by atoms with Gasteiger partial charge >= 0.3 is 0 Å². The standard InChI is InChI=1S/C43H40N4O/c1-42(2,3)32-23-29(24-33(25-32)43(4,5)6)28-20-30(22-31(21-28)37-17-12-13-19-45-37)36-26-44-27-38-40(36)46-41(35-16-10-11-18-39(35)48)47(38)34-14-8-7-9-15-34/h7-27,48H,1-6H3. The van der Waals surface area contributed by atoms with E-state index < -0.39 is 0 Å². The minimum atomic E-state index is -0.0172. The van der Waals surface area contributed by atoms with Crippen molar-refractivity contribution in [1.82, 2.24) is 19.5 Å². The smallest absolute Gasteiger partial charge is 0.149 e. The largest absolute Gasteiger partial charge is 0.507 e. The maximum atomic E-state index is 11.0. The molecule has 0 aliphatic carbocycles. The molecule has 0 radical (unpaired) electrons. The van der Waals surface area contributed by atoms with Crippen LogP contribution in [-0.2, 0) is 10.8 Å². The molecule has 238 valence electrons. The third-order valence-electron chi connectivity index (χ3n) is 8.93. The Kier molecular flexibility index (Phi) is 7.71. The predicted octanol–water partition coefficient (Wildman–Crippen LogP) is 10.8. The molecular formula is C43H40N4O. The SMILES string of the molecule is CC(C)(C)c1cc(-c2cc(-c3ccccn3)cc(-c3cncc4c3nc(-c3ccccc3O)n4-c3ccccc3)c2)cc(C(C)(C)C)c1. The fraction of sp³-hybridized carbons (Fsp3) is 0.186. The molecule has 3 heterocycles. The number of pyridine rings is 2. The highest BCUT2D eigenvalue weighted by molar-refractivity contribution is 5.96. The first-order chi connectivity index (χ1) is 23.0. The predicted molar refractivity (Wildman–Crippen MR) is 197 cm³/mol. The van der Waals surface area contributed by atoms with Crippen molar-refractivity contribution in [3.05, 3.63) is 139 Å². The highest BCUT2D eigenvalue weighted by Gasteiger charge is 2.23. The Morgan fingerprint density at radius 1 is 0.583 bits per heavy atom. The zero-order chi connectivity index (χ0) is 33.6. The Morgan fingerprint density at radius 3 is 1.88 bits per heavy atom. The lowest BCUT2D eigenvalue weighted by Crippen LogP contribution is -2.16. The van der Waals surface area contributed by atoms with E-state index in [-0.39, 0.29) is 16.6 Å². The van der Waals surface area contributed by atoms with E-state index in [1.165, 1.54) is 11.1 Å². The van der Waals surface area contributed by atoms with Crippen LogP contribution in [0.15, 0.2) is 128 Å². The molecule has 0 aliphatic rings. The third kappa shape index (κ3) is 5.88. The topological polar surface area (TPSA) is 63.8 Å². The van der Waals surface area contributed by atoms with E-state index in [0.29, 0.717) is 11.4 Å². The number of imidazole rings is 1. The molecule has 0 atom stereocenters. The number of phenolic OH excluding ortho intramolecular Hbond substituents is 1. The Hall–Kier alpha value is -5.55. The molecule has 0 amide bonds. The Morgan fingerprint density at radius 2 is 1.21 bits per heavy atom. The van der Waals surface area contributed by atoms with Gasteiger partial charge in [0.1, 0.15) is 17.1 Å². The molecule has 5 nitrogen and oxygen atoms in total. The van der Waals surface area contributed by atoms with Gasteiger partial charge in [-0.25, -0.2) is 4.98 Å². The van der Waals surface area contributed by atoms with Crippen LogP contribution in [0.1, 0.15) is 52.7 Å². The Balaban J connectivity index is 1.52. The van der Waals surface area contributed by atoms with Gasteiger partial charge in [0.05, 0.1) is 23.0 Å². The molecule has 0 saturated heterocycles. The van der Waals surface area contributed by atoms with Crippen molar-refractivity contribution >= 4 is 11.0 Å². The maximum absolute atomic E-state index is 11.0. The minimum absolute atomic E-state index is 0.0172. The second-order valence-electron chi connectivity index (χ2n) is 14.5. The summed E-state index contributed by atoms with van der Waals surface area (Å²) in [6.45, 7) is 13.6. The van der Waals surface area contributed by atoms with E-state index >= 15 is 0 Å². The summed E-state index contributed by atoms with van der Waals surface area (Å²) in [7, 11) is 0. The number of benzene rings is 4. The van der Waals surface area contributed by atoms with Gasteiger partial charge in [0.25, 0.3) is 0 Å². The van der Waals surface area contributed by atoms with Crippen molar-refractivity contribution in [2.75, 3.05) is 0 Å². The first kappa shape index (κ1) is 31.1. The molecule has 7 aromatic rings. The third-order valence-corrected chi connectivity index (χ3v) is 8.93. The number of phenols is 1. The van der Waals surface area contributed by atoms with Gasteiger partial charge in [-0.1, -0.05) is 96.1 Å². The quantitative estimate of drug-likeness (QED) is 0.206. The van der Waals surface area contributed by atoms with Crippen LogP contribution in [-0.4, -0.2) is 24.6 Å². The zero-order valence-electron chi connectivity index (χ0n) is 28.4. The molecule has 0 bridgehead atoms. The van der Waals surface area contributed by atoms with Gasteiger partial charge in [0.15, 0.2) is 0 Å². The highest BCUT2D eigenvalue weighted by Crippen LogP contribution is 2.40. The van der Waals surface area contributed by atoms with E-state index in [9.17, 15) is 5.11 Å². The van der Waals surface area contributed by atoms with Crippen molar-refractivity contribution in [3.63, 3.8) is 0 Å². The summed E-state index contributed by atoms with van der Waals surface area (Å²) in [5.74, 6) is 0.824. The van der Waals surface area contributed by atoms with Crippen LogP contribution in [0, 0.1) is 0 Å². The van der Waals surface area contributed by atoms with E-state index in [1.54, 1.807) is 6.07 Å². The van der Waals surface area contributed by atoms with Crippen molar-refractivity contribution in [3.8, 4) is 56.3 Å². The van der Waals surface area contributed by atoms with Gasteiger partial charge in [-0.05, 0) is 93.2 Å². The van der Waals surface area contributed by atoms with Gasteiger partial charge in [-0.3, -0.25) is 14.5 Å². The molecule has 1 N–H and O–H groups in total. The Bertz CT molecular complexity index is 2220. The van der Waals surface area contributed by atoms with Gasteiger partial charge in [-0.2, -0.15) is 0 Å². The van der Waals surface area contributed by atoms with Crippen LogP contribution in [0.5, 0.6) is 5.75 Å². The fourth-order valence-corrected chi connectivity index (χ4v) is 6.18. The molecular weight excluding hydrogens is 589 g/mol. The molecule has 4 aromatic carbocycles. The van der Waals surface area contributed by atoms with Gasteiger partial charge in [0.2, 0.25) is 0 Å². The Labute approximate surface area is 282 Å². The number of para-hydroxylation sites is 2. The van der Waals surface area contributed by atoms with E-state index in [0.717, 1.165) is 50.2 Å². The number of fused-ring (bicyclic) bond motifs is 1. The molecule has 48 heavy (non-hydrogen) atoms. The monoisotopic (exact) mass is 628 g/mol. The lowest BCUT2D eigenvalue weighted by Gasteiger charge is -2.26. The minimum Gasteiger partial charge on any atom is -0.507 e. The summed E-state index contributed by atoms with van der Waals surface area (Å²) in [4.78, 5) is 14.7. The number of nitrogens with zero attached hydrogens (tertiary/aromatic N) is 4. The average Bonchev–Trinajstić information content (AvgIpc) is 3.48. The van der Waals surface area contributed by atoms with E-state index in [4.69, 9.17) is 15.0 Å². The summed E-state index contributed by atoms with van der Waals surface area (Å²) < 4.78 is 2.08. The zero-order valence-corrected chi connectivity index (χ0v) is 28.4. The van der Waals surface area contributed by atoms with Crippen molar-refractivity contribution < 1.29 is 5.11 Å². The number of rotatable bonds is 5. The molecule has 3 aromatic heterocycles. The lowest BCUT2D eigenvalue weighted by molar-refractivity contribution is 0.477. The van der Waals surface area contributed by atoms with Crippen LogP contribution >= 0.6 is 0 Å². The van der Waals surface area contributed by atoms with Gasteiger partial charge in [-0.15, -0.1) is 0 Å². The van der Waals surface area contributed by atoms with Crippen LogP contribution in [0.4, 0.5) is 0 Å². The summed E-state index contributed by atoms with van der Waals surface area (Å²) in [6.07, 6.45) is 5.59. The molecule has 5 heteroatoms. The first-order valence-electron chi connectivity index (χ1n) is 16.4. The molecule has 0 spiro atoms. The molecule has 0 saturated carbocycles. The van der Waals surface area contributed by atoms with Gasteiger partial charge < -0.3 is 5.11 Å². The van der Waals surface area contributed by atoms with Crippen LogP contribution in [0.25, 0.3) is 61.6 Å². The van der Waals surface area contributed by atoms with E-state index in [2.05, 4.69) is 82.5 Å². The van der Waals surface area contributed by atoms with Gasteiger partial charge in [0, 0.05) is 29.2 Å². The average molecular weight is 629 g/mol. The van der Waals surface area contributed by atoms with Crippen LogP contribution < -0.4 is 0 Å². The fourth-order valence-electron chi connectivity index (χ4n) is 6.18. The number of hydrogen-bond acceptors (Lipinski definition) is 4. The first-order valence-corrected chi connectivity index (χ1v) is 16.4. The molecule has 0 unspecified atom stereocenters.